The summed E-state index contributed by atoms with van der Waals surface area (Å²) in [5.41, 5.74) is -0.0125. The summed E-state index contributed by atoms with van der Waals surface area (Å²) in [4.78, 5) is 13.6. The van der Waals surface area contributed by atoms with E-state index in [0.29, 0.717) is 5.56 Å². The Bertz CT molecular complexity index is 423. The van der Waals surface area contributed by atoms with Crippen LogP contribution in [0.2, 0.25) is 0 Å². The van der Waals surface area contributed by atoms with E-state index in [0.717, 1.165) is 0 Å². The van der Waals surface area contributed by atoms with E-state index in [1.807, 2.05) is 0 Å². The maximum absolute atomic E-state index is 10.5. The van der Waals surface area contributed by atoms with Crippen LogP contribution in [0.1, 0.15) is 11.3 Å². The van der Waals surface area contributed by atoms with E-state index in [-0.39, 0.29) is 17.3 Å². The zero-order valence-corrected chi connectivity index (χ0v) is 7.64. The first kappa shape index (κ1) is 9.92. The molecular formula is C8H7N3O3. The molecule has 1 rings (SSSR count). The van der Waals surface area contributed by atoms with Gasteiger partial charge in [-0.25, -0.2) is 0 Å². The van der Waals surface area contributed by atoms with Crippen LogP contribution in [0.4, 0.5) is 5.69 Å². The van der Waals surface area contributed by atoms with Crippen LogP contribution in [0.15, 0.2) is 6.07 Å². The number of nitriles is 1. The average Bonchev–Trinajstić information content (AvgIpc) is 2.17. The van der Waals surface area contributed by atoms with Crippen molar-refractivity contribution < 1.29 is 9.66 Å². The van der Waals surface area contributed by atoms with Crippen molar-refractivity contribution in [3.63, 3.8) is 0 Å². The summed E-state index contributed by atoms with van der Waals surface area (Å²) in [7, 11) is 1.39. The van der Waals surface area contributed by atoms with Gasteiger partial charge in [-0.2, -0.15) is 10.2 Å². The van der Waals surface area contributed by atoms with Crippen LogP contribution in [-0.2, 0) is 0 Å². The van der Waals surface area contributed by atoms with Gasteiger partial charge in [0, 0.05) is 11.6 Å². The van der Waals surface area contributed by atoms with Crippen molar-refractivity contribution in [1.29, 1.82) is 5.26 Å². The van der Waals surface area contributed by atoms with Gasteiger partial charge in [0.1, 0.15) is 6.07 Å². The Hall–Kier alpha value is -2.16. The molecule has 6 nitrogen and oxygen atoms in total. The van der Waals surface area contributed by atoms with Crippen molar-refractivity contribution in [2.75, 3.05) is 7.11 Å². The number of ether oxygens (including phenoxy) is 1. The van der Waals surface area contributed by atoms with Gasteiger partial charge in [-0.3, -0.25) is 10.1 Å². The summed E-state index contributed by atoms with van der Waals surface area (Å²) in [6.07, 6.45) is 0. The Morgan fingerprint density at radius 2 is 2.36 bits per heavy atom. The van der Waals surface area contributed by atoms with E-state index in [4.69, 9.17) is 10.00 Å². The van der Waals surface area contributed by atoms with Crippen molar-refractivity contribution in [1.82, 2.24) is 4.98 Å². The van der Waals surface area contributed by atoms with Crippen molar-refractivity contribution in [2.24, 2.45) is 0 Å². The minimum Gasteiger partial charge on any atom is -0.481 e. The van der Waals surface area contributed by atoms with Gasteiger partial charge in [-0.05, 0) is 6.92 Å². The van der Waals surface area contributed by atoms with Crippen LogP contribution in [0.3, 0.4) is 0 Å². The van der Waals surface area contributed by atoms with Gasteiger partial charge in [-0.1, -0.05) is 0 Å². The third-order valence-electron chi connectivity index (χ3n) is 1.64. The number of hydrogen-bond donors (Lipinski definition) is 0. The number of nitro groups is 1. The Balaban J connectivity index is 3.41. The van der Waals surface area contributed by atoms with Crippen molar-refractivity contribution in [3.05, 3.63) is 27.4 Å². The zero-order valence-electron chi connectivity index (χ0n) is 7.64. The summed E-state index contributed by atoms with van der Waals surface area (Å²) in [5, 5.41) is 19.1. The molecule has 0 aliphatic rings. The fraction of sp³-hybridized carbons (Fsp3) is 0.250. The predicted molar refractivity (Wildman–Crippen MR) is 46.9 cm³/mol. The fourth-order valence-corrected chi connectivity index (χ4v) is 1.01. The number of aromatic nitrogens is 1. The third-order valence-corrected chi connectivity index (χ3v) is 1.64. The molecule has 0 spiro atoms. The van der Waals surface area contributed by atoms with Gasteiger partial charge in [0.2, 0.25) is 11.6 Å². The standard InChI is InChI=1S/C8H7N3O3/c1-5-3-7(11(12)13)6(4-9)10-8(5)14-2/h3H,1-2H3. The molecule has 0 aliphatic carbocycles. The van der Waals surface area contributed by atoms with Crippen molar-refractivity contribution in [2.45, 2.75) is 6.92 Å². The van der Waals surface area contributed by atoms with Gasteiger partial charge in [-0.15, -0.1) is 0 Å². The molecule has 0 fully saturated rings. The quantitative estimate of drug-likeness (QED) is 0.519. The summed E-state index contributed by atoms with van der Waals surface area (Å²) in [6, 6.07) is 2.91. The zero-order chi connectivity index (χ0) is 10.7. The molecule has 6 heteroatoms. The van der Waals surface area contributed by atoms with E-state index in [1.54, 1.807) is 13.0 Å². The summed E-state index contributed by atoms with van der Waals surface area (Å²) < 4.78 is 4.84. The molecule has 14 heavy (non-hydrogen) atoms. The lowest BCUT2D eigenvalue weighted by Crippen LogP contribution is -1.99. The smallest absolute Gasteiger partial charge is 0.306 e. The third kappa shape index (κ3) is 1.61. The first-order valence-electron chi connectivity index (χ1n) is 3.70. The molecule has 0 radical (unpaired) electrons. The topological polar surface area (TPSA) is 89.0 Å². The monoisotopic (exact) mass is 193 g/mol. The van der Waals surface area contributed by atoms with Crippen LogP contribution in [0.25, 0.3) is 0 Å². The first-order valence-corrected chi connectivity index (χ1v) is 3.70. The summed E-state index contributed by atoms with van der Waals surface area (Å²) in [5.74, 6) is 0.229. The highest BCUT2D eigenvalue weighted by Gasteiger charge is 2.18. The van der Waals surface area contributed by atoms with E-state index < -0.39 is 4.92 Å². The molecule has 0 aliphatic heterocycles. The normalized spacial score (nSPS) is 9.21. The van der Waals surface area contributed by atoms with Gasteiger partial charge in [0.05, 0.1) is 12.0 Å². The Labute approximate surface area is 79.9 Å². The number of methoxy groups -OCH3 is 1. The minimum atomic E-state index is -0.641. The second kappa shape index (κ2) is 3.70. The van der Waals surface area contributed by atoms with Crippen LogP contribution in [0.5, 0.6) is 5.88 Å². The van der Waals surface area contributed by atoms with Crippen LogP contribution >= 0.6 is 0 Å². The number of pyridine rings is 1. The lowest BCUT2D eigenvalue weighted by Gasteiger charge is -2.02. The number of nitrogens with zero attached hydrogens (tertiary/aromatic N) is 3. The van der Waals surface area contributed by atoms with Gasteiger partial charge in [0.15, 0.2) is 0 Å². The first-order chi connectivity index (χ1) is 6.60. The molecule has 1 heterocycles. The number of hydrogen-bond acceptors (Lipinski definition) is 5. The largest absolute Gasteiger partial charge is 0.481 e. The van der Waals surface area contributed by atoms with E-state index in [2.05, 4.69) is 4.98 Å². The molecule has 1 aromatic heterocycles. The average molecular weight is 193 g/mol. The number of rotatable bonds is 2. The molecule has 0 aromatic carbocycles. The van der Waals surface area contributed by atoms with Crippen molar-refractivity contribution in [3.8, 4) is 11.9 Å². The van der Waals surface area contributed by atoms with Crippen LogP contribution < -0.4 is 4.74 Å². The Morgan fingerprint density at radius 1 is 1.71 bits per heavy atom. The molecule has 1 aromatic rings. The molecule has 0 atom stereocenters. The van der Waals surface area contributed by atoms with Crippen LogP contribution in [-0.4, -0.2) is 17.0 Å². The minimum absolute atomic E-state index is 0.229. The number of aryl methyl sites for hydroxylation is 1. The summed E-state index contributed by atoms with van der Waals surface area (Å²) in [6.45, 7) is 1.62. The lowest BCUT2D eigenvalue weighted by atomic mass is 10.2. The van der Waals surface area contributed by atoms with E-state index >= 15 is 0 Å². The van der Waals surface area contributed by atoms with Crippen LogP contribution in [0, 0.1) is 28.4 Å². The Morgan fingerprint density at radius 3 is 2.79 bits per heavy atom. The highest BCUT2D eigenvalue weighted by molar-refractivity contribution is 5.48. The van der Waals surface area contributed by atoms with Gasteiger partial charge >= 0.3 is 5.69 Å². The molecule has 0 saturated carbocycles. The fourth-order valence-electron chi connectivity index (χ4n) is 1.01. The van der Waals surface area contributed by atoms with E-state index in [1.165, 1.54) is 13.2 Å². The molecule has 0 amide bonds. The highest BCUT2D eigenvalue weighted by Crippen LogP contribution is 2.23. The highest BCUT2D eigenvalue weighted by atomic mass is 16.6. The van der Waals surface area contributed by atoms with Gasteiger partial charge in [0.25, 0.3) is 0 Å². The molecule has 0 unspecified atom stereocenters. The van der Waals surface area contributed by atoms with Crippen molar-refractivity contribution >= 4 is 5.69 Å². The SMILES string of the molecule is COc1nc(C#N)c([N+](=O)[O-])cc1C. The predicted octanol–water partition coefficient (Wildman–Crippen LogP) is 1.18. The second-order valence-electron chi connectivity index (χ2n) is 2.55. The molecule has 0 N–H and O–H groups in total. The van der Waals surface area contributed by atoms with E-state index in [9.17, 15) is 10.1 Å². The maximum atomic E-state index is 10.5. The lowest BCUT2D eigenvalue weighted by molar-refractivity contribution is -0.385. The summed E-state index contributed by atoms with van der Waals surface area (Å²) >= 11 is 0. The Kier molecular flexibility index (Phi) is 2.62. The molecular weight excluding hydrogens is 186 g/mol. The molecule has 0 bridgehead atoms. The van der Waals surface area contributed by atoms with Gasteiger partial charge < -0.3 is 4.74 Å². The molecule has 0 saturated heterocycles. The molecule has 72 valence electrons. The second-order valence-corrected chi connectivity index (χ2v) is 2.55. The maximum Gasteiger partial charge on any atom is 0.306 e.